The van der Waals surface area contributed by atoms with Crippen molar-refractivity contribution >= 4 is 11.9 Å². The van der Waals surface area contributed by atoms with Gasteiger partial charge in [0.1, 0.15) is 6.10 Å². The number of aliphatic hydroxyl groups is 2. The van der Waals surface area contributed by atoms with Crippen LogP contribution in [0.15, 0.2) is 12.2 Å². The quantitative estimate of drug-likeness (QED) is 0.0321. The predicted molar refractivity (Wildman–Crippen MR) is 283 cm³/mol. The lowest BCUT2D eigenvalue weighted by molar-refractivity contribution is -0.151. The van der Waals surface area contributed by atoms with Crippen LogP contribution in [0.25, 0.3) is 0 Å². The lowest BCUT2D eigenvalue weighted by Crippen LogP contribution is -2.46. The first-order chi connectivity index (χ1) is 32.0. The fourth-order valence-electron chi connectivity index (χ4n) is 9.37. The van der Waals surface area contributed by atoms with Gasteiger partial charge in [-0.2, -0.15) is 0 Å². The summed E-state index contributed by atoms with van der Waals surface area (Å²) in [5, 5.41) is 23.8. The Hall–Kier alpha value is -1.40. The maximum Gasteiger partial charge on any atom is 0.306 e. The van der Waals surface area contributed by atoms with Crippen LogP contribution in [0, 0.1) is 0 Å². The molecule has 0 saturated carbocycles. The van der Waals surface area contributed by atoms with Gasteiger partial charge in [0.25, 0.3) is 0 Å². The molecule has 3 N–H and O–H groups in total. The first-order valence-corrected chi connectivity index (χ1v) is 29.4. The van der Waals surface area contributed by atoms with Crippen LogP contribution in [0.3, 0.4) is 0 Å². The summed E-state index contributed by atoms with van der Waals surface area (Å²) in [4.78, 5) is 26.3. The Kier molecular flexibility index (Phi) is 52.4. The molecule has 386 valence electrons. The number of amides is 1. The Bertz CT molecular complexity index is 986. The van der Waals surface area contributed by atoms with E-state index in [0.29, 0.717) is 19.3 Å². The summed E-state index contributed by atoms with van der Waals surface area (Å²) in [6.45, 7) is 6.52. The number of hydrogen-bond donors (Lipinski definition) is 3. The van der Waals surface area contributed by atoms with Gasteiger partial charge < -0.3 is 20.3 Å². The third-order valence-electron chi connectivity index (χ3n) is 13.8. The molecule has 0 radical (unpaired) electrons. The Morgan fingerprint density at radius 2 is 0.738 bits per heavy atom. The normalized spacial score (nSPS) is 13.1. The molecule has 1 amide bonds. The fourth-order valence-corrected chi connectivity index (χ4v) is 9.37. The highest BCUT2D eigenvalue weighted by Gasteiger charge is 2.24. The average Bonchev–Trinajstić information content (AvgIpc) is 3.30. The number of carbonyl (C=O) groups is 2. The molecule has 3 atom stereocenters. The standard InChI is InChI=1S/C59H115NO5/c1-4-7-10-13-16-19-22-25-27-28-29-30-32-34-37-40-43-46-49-52-59(64)65-55(50-47-44-41-38-35-33-31-26-23-20-17-14-11-8-5-2)53-58(63)60-56(54-61)57(62)51-48-45-42-39-36-24-21-18-15-12-9-6-3/h26,31,55-57,61-62H,4-25,27-30,32-54H2,1-3H3,(H,60,63)/b31-26+. The van der Waals surface area contributed by atoms with Crippen molar-refractivity contribution in [2.45, 2.75) is 347 Å². The topological polar surface area (TPSA) is 95.9 Å². The highest BCUT2D eigenvalue weighted by atomic mass is 16.5. The van der Waals surface area contributed by atoms with Gasteiger partial charge in [-0.05, 0) is 51.4 Å². The molecule has 0 aromatic rings. The molecular formula is C59H115NO5. The van der Waals surface area contributed by atoms with Crippen LogP contribution >= 0.6 is 0 Å². The van der Waals surface area contributed by atoms with E-state index in [1.807, 2.05) is 0 Å². The van der Waals surface area contributed by atoms with Gasteiger partial charge in [0.2, 0.25) is 5.91 Å². The van der Waals surface area contributed by atoms with E-state index >= 15 is 0 Å². The van der Waals surface area contributed by atoms with Crippen LogP contribution in [0.4, 0.5) is 0 Å². The summed E-state index contributed by atoms with van der Waals surface area (Å²) in [7, 11) is 0. The van der Waals surface area contributed by atoms with Crippen LogP contribution in [-0.2, 0) is 14.3 Å². The minimum Gasteiger partial charge on any atom is -0.462 e. The summed E-state index contributed by atoms with van der Waals surface area (Å²) in [5.74, 6) is -0.458. The Morgan fingerprint density at radius 3 is 1.09 bits per heavy atom. The molecule has 0 aromatic heterocycles. The number of aliphatic hydroxyl groups excluding tert-OH is 2. The number of esters is 1. The van der Waals surface area contributed by atoms with Crippen molar-refractivity contribution in [3.05, 3.63) is 12.2 Å². The number of nitrogens with one attached hydrogen (secondary N) is 1. The lowest BCUT2D eigenvalue weighted by Gasteiger charge is -2.24. The minimum absolute atomic E-state index is 0.0795. The number of carbonyl (C=O) groups excluding carboxylic acids is 2. The molecule has 0 aliphatic carbocycles. The number of hydrogen-bond acceptors (Lipinski definition) is 5. The highest BCUT2D eigenvalue weighted by molar-refractivity contribution is 5.77. The SMILES string of the molecule is CCCCCCCC/C=C/CCCCCCCC(CC(=O)NC(CO)C(O)CCCCCCCCCCCCCC)OC(=O)CCCCCCCCCCCCCCCCCCCCC. The second-order valence-electron chi connectivity index (χ2n) is 20.4. The molecule has 0 bridgehead atoms. The maximum atomic E-state index is 13.3. The first-order valence-electron chi connectivity index (χ1n) is 29.4. The van der Waals surface area contributed by atoms with E-state index in [9.17, 15) is 19.8 Å². The largest absolute Gasteiger partial charge is 0.462 e. The molecule has 0 saturated heterocycles. The zero-order valence-corrected chi connectivity index (χ0v) is 44.2. The van der Waals surface area contributed by atoms with E-state index in [1.54, 1.807) is 0 Å². The molecule has 0 heterocycles. The van der Waals surface area contributed by atoms with Gasteiger partial charge in [-0.1, -0.05) is 277 Å². The van der Waals surface area contributed by atoms with Crippen molar-refractivity contribution < 1.29 is 24.5 Å². The van der Waals surface area contributed by atoms with Crippen molar-refractivity contribution in [2.24, 2.45) is 0 Å². The van der Waals surface area contributed by atoms with Crippen LogP contribution in [-0.4, -0.2) is 46.9 Å². The van der Waals surface area contributed by atoms with Gasteiger partial charge in [-0.25, -0.2) is 0 Å². The summed E-state index contributed by atoms with van der Waals surface area (Å²) in [6.07, 6.45) is 61.4. The van der Waals surface area contributed by atoms with Gasteiger partial charge in [-0.3, -0.25) is 9.59 Å². The lowest BCUT2D eigenvalue weighted by atomic mass is 10.0. The molecule has 0 aliphatic heterocycles. The number of allylic oxidation sites excluding steroid dienone is 2. The molecular weight excluding hydrogens is 803 g/mol. The monoisotopic (exact) mass is 918 g/mol. The van der Waals surface area contributed by atoms with Crippen molar-refractivity contribution in [1.82, 2.24) is 5.32 Å². The van der Waals surface area contributed by atoms with Gasteiger partial charge >= 0.3 is 5.97 Å². The number of unbranched alkanes of at least 4 members (excludes halogenated alkanes) is 40. The minimum atomic E-state index is -0.784. The molecule has 65 heavy (non-hydrogen) atoms. The van der Waals surface area contributed by atoms with Crippen LogP contribution in [0.2, 0.25) is 0 Å². The van der Waals surface area contributed by atoms with Crippen LogP contribution in [0.1, 0.15) is 329 Å². The molecule has 6 nitrogen and oxygen atoms in total. The Morgan fingerprint density at radius 1 is 0.431 bits per heavy atom. The smallest absolute Gasteiger partial charge is 0.306 e. The highest BCUT2D eigenvalue weighted by Crippen LogP contribution is 2.19. The molecule has 0 spiro atoms. The summed E-state index contributed by atoms with van der Waals surface area (Å²) in [5.41, 5.74) is 0. The van der Waals surface area contributed by atoms with E-state index in [-0.39, 0.29) is 24.9 Å². The molecule has 0 fully saturated rings. The van der Waals surface area contributed by atoms with E-state index in [0.717, 1.165) is 57.8 Å². The van der Waals surface area contributed by atoms with Crippen molar-refractivity contribution in [3.8, 4) is 0 Å². The zero-order chi connectivity index (χ0) is 47.4. The summed E-state index contributed by atoms with van der Waals surface area (Å²) >= 11 is 0. The predicted octanol–water partition coefficient (Wildman–Crippen LogP) is 18.1. The Balaban J connectivity index is 4.48. The van der Waals surface area contributed by atoms with E-state index in [1.165, 1.54) is 225 Å². The van der Waals surface area contributed by atoms with Gasteiger partial charge in [-0.15, -0.1) is 0 Å². The molecule has 0 aliphatic rings. The van der Waals surface area contributed by atoms with Crippen LogP contribution in [0.5, 0.6) is 0 Å². The molecule has 0 rings (SSSR count). The third kappa shape index (κ3) is 48.9. The second-order valence-corrected chi connectivity index (χ2v) is 20.4. The van der Waals surface area contributed by atoms with Crippen molar-refractivity contribution in [2.75, 3.05) is 6.61 Å². The summed E-state index contributed by atoms with van der Waals surface area (Å²) in [6, 6.07) is -0.698. The summed E-state index contributed by atoms with van der Waals surface area (Å²) < 4.78 is 5.97. The number of ether oxygens (including phenoxy) is 1. The molecule has 0 aromatic carbocycles. The second kappa shape index (κ2) is 53.6. The Labute approximate surface area is 406 Å². The maximum absolute atomic E-state index is 13.3. The van der Waals surface area contributed by atoms with E-state index in [2.05, 4.69) is 38.2 Å². The van der Waals surface area contributed by atoms with E-state index < -0.39 is 18.2 Å². The number of rotatable bonds is 54. The fraction of sp³-hybridized carbons (Fsp3) is 0.932. The van der Waals surface area contributed by atoms with E-state index in [4.69, 9.17) is 4.74 Å². The van der Waals surface area contributed by atoms with Gasteiger partial charge in [0.15, 0.2) is 0 Å². The third-order valence-corrected chi connectivity index (χ3v) is 13.8. The molecule has 6 heteroatoms. The molecule has 3 unspecified atom stereocenters. The average molecular weight is 919 g/mol. The van der Waals surface area contributed by atoms with Gasteiger partial charge in [0.05, 0.1) is 25.2 Å². The first kappa shape index (κ1) is 63.6. The van der Waals surface area contributed by atoms with Gasteiger partial charge in [0, 0.05) is 6.42 Å². The van der Waals surface area contributed by atoms with Crippen molar-refractivity contribution in [3.63, 3.8) is 0 Å². The van der Waals surface area contributed by atoms with Crippen molar-refractivity contribution in [1.29, 1.82) is 0 Å². The van der Waals surface area contributed by atoms with Crippen LogP contribution < -0.4 is 5.32 Å². The zero-order valence-electron chi connectivity index (χ0n) is 44.2.